The van der Waals surface area contributed by atoms with Gasteiger partial charge >= 0.3 is 5.97 Å². The molecule has 0 bridgehead atoms. The van der Waals surface area contributed by atoms with Crippen molar-refractivity contribution in [2.24, 2.45) is 0 Å². The average molecular weight is 258 g/mol. The molecule has 0 fully saturated rings. The molecule has 0 radical (unpaired) electrons. The minimum absolute atomic E-state index is 0.223. The van der Waals surface area contributed by atoms with E-state index >= 15 is 0 Å². The molecule has 0 atom stereocenters. The number of hydrogen-bond acceptors (Lipinski definition) is 2. The molecule has 0 aromatic rings. The van der Waals surface area contributed by atoms with Crippen LogP contribution in [-0.4, -0.2) is 16.8 Å². The highest BCUT2D eigenvalue weighted by atomic mass is 32.2. The largest absolute Gasteiger partial charge is 0.481 e. The summed E-state index contributed by atoms with van der Waals surface area (Å²) in [5, 5.41) is 9.90. The van der Waals surface area contributed by atoms with Gasteiger partial charge in [0.05, 0.1) is 0 Å². The summed E-state index contributed by atoms with van der Waals surface area (Å²) >= 11 is 1.42. The molecule has 1 N–H and O–H groups in total. The summed E-state index contributed by atoms with van der Waals surface area (Å²) < 4.78 is 13.0. The second kappa shape index (κ2) is 11.5. The molecule has 0 aromatic heterocycles. The van der Waals surface area contributed by atoms with Crippen molar-refractivity contribution in [1.82, 2.24) is 0 Å². The molecule has 2 nitrogen and oxygen atoms in total. The Kier molecular flexibility index (Phi) is 10.8. The maximum atomic E-state index is 13.0. The van der Waals surface area contributed by atoms with E-state index in [4.69, 9.17) is 5.11 Å². The molecule has 0 amide bonds. The minimum Gasteiger partial charge on any atom is -0.481 e. The second-order valence-corrected chi connectivity index (χ2v) is 4.44. The topological polar surface area (TPSA) is 37.3 Å². The monoisotopic (exact) mass is 258 g/mol. The SMILES string of the molecule is C\C=C/C=C\C(F)=C\SCCCCCC(=O)O. The first-order valence-corrected chi connectivity index (χ1v) is 6.70. The van der Waals surface area contributed by atoms with Crippen LogP contribution in [0.4, 0.5) is 4.39 Å². The number of allylic oxidation sites excluding steroid dienone is 5. The number of carbonyl (C=O) groups is 1. The number of carboxylic acids is 1. The van der Waals surface area contributed by atoms with Crippen LogP contribution in [0.25, 0.3) is 0 Å². The Morgan fingerprint density at radius 1 is 1.29 bits per heavy atom. The molecular formula is C13H19FO2S. The summed E-state index contributed by atoms with van der Waals surface area (Å²) in [4.78, 5) is 10.2. The lowest BCUT2D eigenvalue weighted by Gasteiger charge is -1.96. The van der Waals surface area contributed by atoms with Crippen molar-refractivity contribution in [2.45, 2.75) is 32.6 Å². The third kappa shape index (κ3) is 12.9. The Labute approximate surface area is 106 Å². The number of unbranched alkanes of at least 4 members (excludes halogenated alkanes) is 2. The standard InChI is InChI=1S/C13H19FO2S/c1-2-3-5-8-12(14)11-17-10-7-4-6-9-13(15)16/h2-3,5,8,11H,4,6-7,9-10H2,1H3,(H,15,16)/b3-2-,8-5-,12-11-. The van der Waals surface area contributed by atoms with Gasteiger partial charge in [-0.05, 0) is 31.6 Å². The van der Waals surface area contributed by atoms with E-state index in [1.807, 2.05) is 13.0 Å². The summed E-state index contributed by atoms with van der Waals surface area (Å²) in [5.74, 6) is -0.179. The van der Waals surface area contributed by atoms with E-state index < -0.39 is 5.97 Å². The lowest BCUT2D eigenvalue weighted by molar-refractivity contribution is -0.137. The smallest absolute Gasteiger partial charge is 0.303 e. The van der Waals surface area contributed by atoms with Crippen molar-refractivity contribution in [2.75, 3.05) is 5.75 Å². The van der Waals surface area contributed by atoms with Gasteiger partial charge < -0.3 is 5.11 Å². The number of hydrogen-bond donors (Lipinski definition) is 1. The highest BCUT2D eigenvalue weighted by molar-refractivity contribution is 8.02. The Morgan fingerprint density at radius 2 is 2.06 bits per heavy atom. The molecule has 0 heterocycles. The lowest BCUT2D eigenvalue weighted by atomic mass is 10.2. The fourth-order valence-electron chi connectivity index (χ4n) is 1.07. The molecule has 0 saturated heterocycles. The molecule has 96 valence electrons. The van der Waals surface area contributed by atoms with Crippen LogP contribution in [0, 0.1) is 0 Å². The third-order valence-corrected chi connectivity index (χ3v) is 2.82. The lowest BCUT2D eigenvalue weighted by Crippen LogP contribution is -1.93. The van der Waals surface area contributed by atoms with Crippen LogP contribution in [0.5, 0.6) is 0 Å². The quantitative estimate of drug-likeness (QED) is 0.494. The highest BCUT2D eigenvalue weighted by Gasteiger charge is 1.96. The molecule has 0 aromatic carbocycles. The minimum atomic E-state index is -0.752. The van der Waals surface area contributed by atoms with Gasteiger partial charge in [0.15, 0.2) is 0 Å². The Morgan fingerprint density at radius 3 is 2.71 bits per heavy atom. The average Bonchev–Trinajstić information content (AvgIpc) is 2.28. The molecule has 0 saturated carbocycles. The van der Waals surface area contributed by atoms with Gasteiger partial charge in [-0.2, -0.15) is 0 Å². The zero-order valence-corrected chi connectivity index (χ0v) is 10.9. The van der Waals surface area contributed by atoms with Crippen LogP contribution < -0.4 is 0 Å². The Hall–Kier alpha value is -1.03. The van der Waals surface area contributed by atoms with Crippen LogP contribution in [0.2, 0.25) is 0 Å². The van der Waals surface area contributed by atoms with E-state index in [1.54, 1.807) is 12.2 Å². The summed E-state index contributed by atoms with van der Waals surface area (Å²) in [6.07, 6.45) is 9.38. The summed E-state index contributed by atoms with van der Waals surface area (Å²) in [7, 11) is 0. The number of rotatable bonds is 9. The van der Waals surface area contributed by atoms with Crippen molar-refractivity contribution < 1.29 is 14.3 Å². The van der Waals surface area contributed by atoms with E-state index in [0.29, 0.717) is 6.42 Å². The molecule has 4 heteroatoms. The molecular weight excluding hydrogens is 239 g/mol. The first kappa shape index (κ1) is 16.0. The number of thioether (sulfide) groups is 1. The van der Waals surface area contributed by atoms with Gasteiger partial charge in [-0.25, -0.2) is 4.39 Å². The predicted octanol–water partition coefficient (Wildman–Crippen LogP) is 4.31. The first-order chi connectivity index (χ1) is 8.16. The molecule has 0 aliphatic carbocycles. The van der Waals surface area contributed by atoms with Gasteiger partial charge in [-0.3, -0.25) is 4.79 Å². The van der Waals surface area contributed by atoms with Crippen molar-refractivity contribution in [1.29, 1.82) is 0 Å². The molecule has 17 heavy (non-hydrogen) atoms. The van der Waals surface area contributed by atoms with Crippen LogP contribution in [0.15, 0.2) is 35.5 Å². The normalized spacial score (nSPS) is 12.7. The fraction of sp³-hybridized carbons (Fsp3) is 0.462. The van der Waals surface area contributed by atoms with Gasteiger partial charge in [0.25, 0.3) is 0 Å². The molecule has 0 unspecified atom stereocenters. The zero-order valence-electron chi connectivity index (χ0n) is 10.1. The van der Waals surface area contributed by atoms with Gasteiger partial charge in [0.1, 0.15) is 5.83 Å². The van der Waals surface area contributed by atoms with E-state index in [9.17, 15) is 9.18 Å². The molecule has 0 rings (SSSR count). The molecule has 0 spiro atoms. The van der Waals surface area contributed by atoms with Gasteiger partial charge in [-0.15, -0.1) is 11.8 Å². The maximum absolute atomic E-state index is 13.0. The van der Waals surface area contributed by atoms with Crippen LogP contribution in [-0.2, 0) is 4.79 Å². The molecule has 0 aliphatic heterocycles. The Bertz CT molecular complexity index is 296. The van der Waals surface area contributed by atoms with Crippen molar-refractivity contribution in [3.05, 3.63) is 35.5 Å². The summed E-state index contributed by atoms with van der Waals surface area (Å²) in [5.41, 5.74) is 0. The summed E-state index contributed by atoms with van der Waals surface area (Å²) in [6.45, 7) is 1.87. The maximum Gasteiger partial charge on any atom is 0.303 e. The van der Waals surface area contributed by atoms with E-state index in [2.05, 4.69) is 0 Å². The van der Waals surface area contributed by atoms with E-state index in [1.165, 1.54) is 23.2 Å². The van der Waals surface area contributed by atoms with Gasteiger partial charge in [-0.1, -0.05) is 24.6 Å². The van der Waals surface area contributed by atoms with Crippen molar-refractivity contribution in [3.63, 3.8) is 0 Å². The number of halogens is 1. The second-order valence-electron chi connectivity index (χ2n) is 3.46. The van der Waals surface area contributed by atoms with Crippen LogP contribution in [0.3, 0.4) is 0 Å². The number of carboxylic acid groups (broad SMARTS) is 1. The van der Waals surface area contributed by atoms with E-state index in [-0.39, 0.29) is 12.2 Å². The molecule has 0 aliphatic rings. The third-order valence-electron chi connectivity index (χ3n) is 1.91. The van der Waals surface area contributed by atoms with Crippen molar-refractivity contribution in [3.8, 4) is 0 Å². The summed E-state index contributed by atoms with van der Waals surface area (Å²) in [6, 6.07) is 0. The Balaban J connectivity index is 3.49. The first-order valence-electron chi connectivity index (χ1n) is 5.65. The van der Waals surface area contributed by atoms with E-state index in [0.717, 1.165) is 18.6 Å². The predicted molar refractivity (Wildman–Crippen MR) is 71.7 cm³/mol. The van der Waals surface area contributed by atoms with Crippen molar-refractivity contribution >= 4 is 17.7 Å². The highest BCUT2D eigenvalue weighted by Crippen LogP contribution is 2.13. The number of aliphatic carboxylic acids is 1. The van der Waals surface area contributed by atoms with Crippen LogP contribution in [0.1, 0.15) is 32.6 Å². The van der Waals surface area contributed by atoms with Gasteiger partial charge in [0.2, 0.25) is 0 Å². The van der Waals surface area contributed by atoms with Crippen LogP contribution >= 0.6 is 11.8 Å². The van der Waals surface area contributed by atoms with Gasteiger partial charge in [0, 0.05) is 11.8 Å². The fourth-order valence-corrected chi connectivity index (χ4v) is 1.80. The zero-order chi connectivity index (χ0) is 12.9.